The average Bonchev–Trinajstić information content (AvgIpc) is 2.50. The minimum atomic E-state index is -2.86. The van der Waals surface area contributed by atoms with E-state index in [1.165, 1.54) is 28.5 Å². The Bertz CT molecular complexity index is 784. The maximum Gasteiger partial charge on any atom is 0.147 e. The molecule has 3 nitrogen and oxygen atoms in total. The van der Waals surface area contributed by atoms with E-state index in [9.17, 15) is 13.5 Å². The molecule has 0 spiro atoms. The van der Waals surface area contributed by atoms with Gasteiger partial charge in [-0.2, -0.15) is 0 Å². The Morgan fingerprint density at radius 2 is 1.62 bits per heavy atom. The normalized spacial score (nSPS) is 11.7. The fourth-order valence-corrected chi connectivity index (χ4v) is 3.90. The van der Waals surface area contributed by atoms with Crippen LogP contribution in [-0.4, -0.2) is 25.5 Å². The molecule has 0 unspecified atom stereocenters. The lowest BCUT2D eigenvalue weighted by molar-refractivity contribution is 0.282. The second-order valence-corrected chi connectivity index (χ2v) is 8.81. The molecule has 0 radical (unpaired) electrons. The quantitative estimate of drug-likeness (QED) is 0.775. The molecule has 2 aromatic carbocycles. The SMILES string of the molecule is Cc1cc(CCCCS(C)(=O)=O)cc(C)c1-c1cccc(CO)c1. The van der Waals surface area contributed by atoms with E-state index in [-0.39, 0.29) is 12.4 Å². The van der Waals surface area contributed by atoms with Crippen molar-refractivity contribution in [1.82, 2.24) is 0 Å². The van der Waals surface area contributed by atoms with Crippen molar-refractivity contribution in [3.8, 4) is 11.1 Å². The molecule has 0 aliphatic heterocycles. The van der Waals surface area contributed by atoms with Crippen LogP contribution in [0.25, 0.3) is 11.1 Å². The Morgan fingerprint density at radius 3 is 2.21 bits per heavy atom. The standard InChI is InChI=1S/C20H26O3S/c1-15-11-17(7-4-5-10-24(3,22)23)12-16(2)20(15)19-9-6-8-18(13-19)14-21/h6,8-9,11-13,21H,4-5,7,10,14H2,1-3H3. The predicted molar refractivity (Wildman–Crippen MR) is 99.9 cm³/mol. The van der Waals surface area contributed by atoms with Crippen LogP contribution >= 0.6 is 0 Å². The van der Waals surface area contributed by atoms with Gasteiger partial charge in [0.25, 0.3) is 0 Å². The Hall–Kier alpha value is -1.65. The number of sulfone groups is 1. The lowest BCUT2D eigenvalue weighted by Crippen LogP contribution is -2.03. The van der Waals surface area contributed by atoms with Gasteiger partial charge in [0.2, 0.25) is 0 Å². The smallest absolute Gasteiger partial charge is 0.147 e. The third kappa shape index (κ3) is 5.18. The van der Waals surface area contributed by atoms with E-state index < -0.39 is 9.84 Å². The van der Waals surface area contributed by atoms with Gasteiger partial charge in [-0.3, -0.25) is 0 Å². The van der Waals surface area contributed by atoms with Crippen molar-refractivity contribution in [2.45, 2.75) is 39.7 Å². The minimum absolute atomic E-state index is 0.0460. The Morgan fingerprint density at radius 1 is 0.958 bits per heavy atom. The van der Waals surface area contributed by atoms with Gasteiger partial charge in [-0.1, -0.05) is 30.3 Å². The molecule has 0 aromatic heterocycles. The van der Waals surface area contributed by atoms with Crippen LogP contribution in [0.1, 0.15) is 35.1 Å². The molecule has 2 aromatic rings. The molecular formula is C20H26O3S. The van der Waals surface area contributed by atoms with Gasteiger partial charge in [0.1, 0.15) is 9.84 Å². The van der Waals surface area contributed by atoms with Crippen molar-refractivity contribution in [1.29, 1.82) is 0 Å². The van der Waals surface area contributed by atoms with Gasteiger partial charge in [-0.05, 0) is 72.6 Å². The first-order valence-corrected chi connectivity index (χ1v) is 10.3. The van der Waals surface area contributed by atoms with Crippen LogP contribution in [0.2, 0.25) is 0 Å². The van der Waals surface area contributed by atoms with Gasteiger partial charge >= 0.3 is 0 Å². The summed E-state index contributed by atoms with van der Waals surface area (Å²) in [4.78, 5) is 0. The molecule has 0 amide bonds. The van der Waals surface area contributed by atoms with Crippen LogP contribution in [-0.2, 0) is 22.9 Å². The van der Waals surface area contributed by atoms with Crippen LogP contribution in [0, 0.1) is 13.8 Å². The average molecular weight is 346 g/mol. The third-order valence-electron chi connectivity index (χ3n) is 4.22. The highest BCUT2D eigenvalue weighted by Gasteiger charge is 2.09. The molecule has 0 aliphatic carbocycles. The molecule has 0 heterocycles. The molecule has 0 aliphatic rings. The summed E-state index contributed by atoms with van der Waals surface area (Å²) in [5.74, 6) is 0.261. The van der Waals surface area contributed by atoms with Gasteiger partial charge in [-0.25, -0.2) is 8.42 Å². The first-order valence-electron chi connectivity index (χ1n) is 8.28. The van der Waals surface area contributed by atoms with Gasteiger partial charge in [-0.15, -0.1) is 0 Å². The number of benzene rings is 2. The molecule has 24 heavy (non-hydrogen) atoms. The molecule has 0 bridgehead atoms. The van der Waals surface area contributed by atoms with Crippen LogP contribution in [0.15, 0.2) is 36.4 Å². The maximum absolute atomic E-state index is 11.2. The van der Waals surface area contributed by atoms with E-state index in [0.717, 1.165) is 24.0 Å². The van der Waals surface area contributed by atoms with Gasteiger partial charge < -0.3 is 5.11 Å². The number of hydrogen-bond donors (Lipinski definition) is 1. The Kier molecular flexibility index (Phi) is 6.19. The van der Waals surface area contributed by atoms with Crippen LogP contribution in [0.4, 0.5) is 0 Å². The van der Waals surface area contributed by atoms with Crippen molar-refractivity contribution in [3.63, 3.8) is 0 Å². The first kappa shape index (κ1) is 18.7. The molecular weight excluding hydrogens is 320 g/mol. The predicted octanol–water partition coefficient (Wildman–Crippen LogP) is 3.83. The summed E-state index contributed by atoms with van der Waals surface area (Å²) >= 11 is 0. The highest BCUT2D eigenvalue weighted by molar-refractivity contribution is 7.90. The third-order valence-corrected chi connectivity index (χ3v) is 5.25. The lowest BCUT2D eigenvalue weighted by atomic mass is 9.91. The number of aliphatic hydroxyl groups is 1. The maximum atomic E-state index is 11.2. The molecule has 0 saturated carbocycles. The summed E-state index contributed by atoms with van der Waals surface area (Å²) in [5, 5.41) is 9.33. The molecule has 4 heteroatoms. The highest BCUT2D eigenvalue weighted by Crippen LogP contribution is 2.29. The summed E-state index contributed by atoms with van der Waals surface area (Å²) in [6.07, 6.45) is 3.77. The van der Waals surface area contributed by atoms with E-state index in [1.807, 2.05) is 18.2 Å². The second-order valence-electron chi connectivity index (χ2n) is 6.55. The fourth-order valence-electron chi connectivity index (χ4n) is 3.17. The zero-order chi connectivity index (χ0) is 17.7. The van der Waals surface area contributed by atoms with Crippen LogP contribution in [0.5, 0.6) is 0 Å². The number of hydrogen-bond acceptors (Lipinski definition) is 3. The van der Waals surface area contributed by atoms with Crippen molar-refractivity contribution < 1.29 is 13.5 Å². The van der Waals surface area contributed by atoms with E-state index in [1.54, 1.807) is 0 Å². The highest BCUT2D eigenvalue weighted by atomic mass is 32.2. The zero-order valence-corrected chi connectivity index (χ0v) is 15.5. The number of unbranched alkanes of at least 4 members (excludes halogenated alkanes) is 1. The lowest BCUT2D eigenvalue weighted by Gasteiger charge is -2.14. The largest absolute Gasteiger partial charge is 0.392 e. The van der Waals surface area contributed by atoms with Crippen molar-refractivity contribution in [2.75, 3.05) is 12.0 Å². The summed E-state index contributed by atoms with van der Waals surface area (Å²) in [6, 6.07) is 12.4. The van der Waals surface area contributed by atoms with Crippen molar-refractivity contribution in [3.05, 3.63) is 58.7 Å². The van der Waals surface area contributed by atoms with E-state index in [0.29, 0.717) is 6.42 Å². The molecule has 0 saturated heterocycles. The summed E-state index contributed by atoms with van der Waals surface area (Å²) in [7, 11) is -2.86. The summed E-state index contributed by atoms with van der Waals surface area (Å²) < 4.78 is 22.4. The van der Waals surface area contributed by atoms with Crippen molar-refractivity contribution in [2.24, 2.45) is 0 Å². The Labute approximate surface area is 145 Å². The van der Waals surface area contributed by atoms with Gasteiger partial charge in [0.05, 0.1) is 6.61 Å². The van der Waals surface area contributed by atoms with Crippen LogP contribution in [0.3, 0.4) is 0 Å². The topological polar surface area (TPSA) is 54.4 Å². The Balaban J connectivity index is 2.16. The number of aliphatic hydroxyl groups excluding tert-OH is 1. The zero-order valence-electron chi connectivity index (χ0n) is 14.7. The van der Waals surface area contributed by atoms with Crippen LogP contribution < -0.4 is 0 Å². The monoisotopic (exact) mass is 346 g/mol. The molecule has 1 N–H and O–H groups in total. The van der Waals surface area contributed by atoms with Crippen molar-refractivity contribution >= 4 is 9.84 Å². The van der Waals surface area contributed by atoms with E-state index >= 15 is 0 Å². The molecule has 130 valence electrons. The molecule has 0 fully saturated rings. The first-order chi connectivity index (χ1) is 11.3. The summed E-state index contributed by atoms with van der Waals surface area (Å²) in [5.41, 5.74) is 6.92. The molecule has 2 rings (SSSR count). The second kappa shape index (κ2) is 7.95. The number of aryl methyl sites for hydroxylation is 3. The van der Waals surface area contributed by atoms with E-state index in [2.05, 4.69) is 32.0 Å². The van der Waals surface area contributed by atoms with Gasteiger partial charge in [0, 0.05) is 12.0 Å². The minimum Gasteiger partial charge on any atom is -0.392 e. The van der Waals surface area contributed by atoms with E-state index in [4.69, 9.17) is 0 Å². The molecule has 0 atom stereocenters. The number of rotatable bonds is 7. The summed E-state index contributed by atoms with van der Waals surface area (Å²) in [6.45, 7) is 4.26. The fraction of sp³-hybridized carbons (Fsp3) is 0.400. The van der Waals surface area contributed by atoms with Gasteiger partial charge in [0.15, 0.2) is 0 Å².